The van der Waals surface area contributed by atoms with Crippen LogP contribution >= 0.6 is 0 Å². The van der Waals surface area contributed by atoms with Gasteiger partial charge in [0.2, 0.25) is 0 Å². The van der Waals surface area contributed by atoms with Crippen LogP contribution in [0.15, 0.2) is 48.5 Å². The molecule has 92 valence electrons. The van der Waals surface area contributed by atoms with Gasteiger partial charge in [-0.3, -0.25) is 0 Å². The van der Waals surface area contributed by atoms with Crippen LogP contribution in [0.3, 0.4) is 0 Å². The van der Waals surface area contributed by atoms with E-state index in [-0.39, 0.29) is 5.69 Å². The molecule has 0 N–H and O–H groups in total. The Labute approximate surface area is 109 Å². The van der Waals surface area contributed by atoms with E-state index in [1.807, 2.05) is 19.1 Å². The fourth-order valence-electron chi connectivity index (χ4n) is 1.55. The second-order valence-corrected chi connectivity index (χ2v) is 6.85. The van der Waals surface area contributed by atoms with Gasteiger partial charge in [-0.1, -0.05) is 0 Å². The van der Waals surface area contributed by atoms with E-state index in [9.17, 15) is 13.9 Å². The molecular weight excluding hydrogens is 297 g/mol. The quantitative estimate of drug-likeness (QED) is 0.490. The standard InChI is InChI=1S/C13H11NO3Se/c1-10-6-8-11(9-7-10)18(17)13-5-3-2-4-12(13)14(15)16/h2-9H,1H3. The van der Waals surface area contributed by atoms with Crippen molar-refractivity contribution in [2.45, 2.75) is 6.92 Å². The predicted molar refractivity (Wildman–Crippen MR) is 70.0 cm³/mol. The monoisotopic (exact) mass is 309 g/mol. The number of aryl methyl sites for hydroxylation is 1. The summed E-state index contributed by atoms with van der Waals surface area (Å²) in [6.07, 6.45) is 0. The molecule has 0 aliphatic carbocycles. The SMILES string of the molecule is Cc1ccc([Se](=O)c2ccccc2[N+](=O)[O-])cc1. The zero-order chi connectivity index (χ0) is 13.1. The molecule has 1 atom stereocenters. The maximum absolute atomic E-state index is 12.4. The van der Waals surface area contributed by atoms with Crippen LogP contribution < -0.4 is 8.92 Å². The number of nitro groups is 1. The Kier molecular flexibility index (Phi) is 3.65. The first-order chi connectivity index (χ1) is 8.59. The molecule has 0 fully saturated rings. The Morgan fingerprint density at radius 2 is 1.67 bits per heavy atom. The minimum atomic E-state index is -2.58. The van der Waals surface area contributed by atoms with Crippen LogP contribution in [0.4, 0.5) is 5.69 Å². The predicted octanol–water partition coefficient (Wildman–Crippen LogP) is 1.44. The number of nitro benzene ring substituents is 1. The molecule has 0 aliphatic heterocycles. The number of nitrogens with zero attached hydrogens (tertiary/aromatic N) is 1. The number of hydrogen-bond acceptors (Lipinski definition) is 3. The summed E-state index contributed by atoms with van der Waals surface area (Å²) in [6, 6.07) is 13.5. The molecule has 4 nitrogen and oxygen atoms in total. The zero-order valence-corrected chi connectivity index (χ0v) is 11.4. The number of hydrogen-bond donors (Lipinski definition) is 0. The molecule has 5 heteroatoms. The topological polar surface area (TPSA) is 60.2 Å². The molecule has 0 radical (unpaired) electrons. The van der Waals surface area contributed by atoms with Gasteiger partial charge in [-0.15, -0.1) is 0 Å². The second-order valence-electron chi connectivity index (χ2n) is 3.81. The molecule has 0 heterocycles. The summed E-state index contributed by atoms with van der Waals surface area (Å²) in [4.78, 5) is 10.4. The van der Waals surface area contributed by atoms with Gasteiger partial charge in [0.25, 0.3) is 0 Å². The molecule has 2 aromatic rings. The molecule has 0 bridgehead atoms. The van der Waals surface area contributed by atoms with Crippen molar-refractivity contribution < 1.29 is 8.76 Å². The maximum atomic E-state index is 12.4. The zero-order valence-electron chi connectivity index (χ0n) is 9.70. The third-order valence-corrected chi connectivity index (χ3v) is 5.53. The Morgan fingerprint density at radius 3 is 2.28 bits per heavy atom. The van der Waals surface area contributed by atoms with Gasteiger partial charge in [0, 0.05) is 0 Å². The Morgan fingerprint density at radius 1 is 1.06 bits per heavy atom. The first-order valence-corrected chi connectivity index (χ1v) is 7.72. The first-order valence-electron chi connectivity index (χ1n) is 5.31. The second kappa shape index (κ2) is 5.21. The van der Waals surface area contributed by atoms with E-state index in [1.165, 1.54) is 6.07 Å². The fourth-order valence-corrected chi connectivity index (χ4v) is 4.01. The van der Waals surface area contributed by atoms with E-state index in [0.29, 0.717) is 8.92 Å². The Balaban J connectivity index is 2.46. The van der Waals surface area contributed by atoms with Gasteiger partial charge in [-0.25, -0.2) is 0 Å². The summed E-state index contributed by atoms with van der Waals surface area (Å²) in [5.74, 6) is 0. The van der Waals surface area contributed by atoms with Crippen LogP contribution in [0, 0.1) is 17.0 Å². The van der Waals surface area contributed by atoms with Crippen LogP contribution in [0.1, 0.15) is 5.56 Å². The molecule has 0 amide bonds. The summed E-state index contributed by atoms with van der Waals surface area (Å²) >= 11 is -2.58. The van der Waals surface area contributed by atoms with Crippen LogP contribution in [-0.2, 0) is 3.83 Å². The van der Waals surface area contributed by atoms with E-state index in [1.54, 1.807) is 30.3 Å². The molecule has 0 saturated carbocycles. The molecule has 1 unspecified atom stereocenters. The van der Waals surface area contributed by atoms with Crippen molar-refractivity contribution >= 4 is 28.4 Å². The summed E-state index contributed by atoms with van der Waals surface area (Å²) in [5.41, 5.74) is 0.998. The average Bonchev–Trinajstić information content (AvgIpc) is 2.39. The van der Waals surface area contributed by atoms with Gasteiger partial charge >= 0.3 is 108 Å². The third-order valence-electron chi connectivity index (χ3n) is 2.50. The molecule has 0 aromatic heterocycles. The van der Waals surface area contributed by atoms with Crippen molar-refractivity contribution in [3.05, 3.63) is 64.2 Å². The fraction of sp³-hybridized carbons (Fsp3) is 0.0769. The van der Waals surface area contributed by atoms with Gasteiger partial charge in [-0.05, 0) is 0 Å². The van der Waals surface area contributed by atoms with E-state index >= 15 is 0 Å². The molecule has 2 aromatic carbocycles. The van der Waals surface area contributed by atoms with Gasteiger partial charge < -0.3 is 0 Å². The van der Waals surface area contributed by atoms with Gasteiger partial charge in [0.1, 0.15) is 0 Å². The van der Waals surface area contributed by atoms with E-state index < -0.39 is 18.8 Å². The van der Waals surface area contributed by atoms with E-state index in [0.717, 1.165) is 5.56 Å². The number of benzene rings is 2. The Bertz CT molecular complexity index is 608. The number of rotatable bonds is 3. The van der Waals surface area contributed by atoms with Crippen molar-refractivity contribution in [1.29, 1.82) is 0 Å². The van der Waals surface area contributed by atoms with Crippen molar-refractivity contribution in [2.24, 2.45) is 0 Å². The molecule has 0 saturated heterocycles. The summed E-state index contributed by atoms with van der Waals surface area (Å²) in [7, 11) is 0. The first kappa shape index (κ1) is 12.6. The molecule has 2 rings (SSSR count). The summed E-state index contributed by atoms with van der Waals surface area (Å²) < 4.78 is 13.4. The van der Waals surface area contributed by atoms with Crippen LogP contribution in [-0.4, -0.2) is 18.8 Å². The van der Waals surface area contributed by atoms with Gasteiger partial charge in [-0.2, -0.15) is 0 Å². The Hall–Kier alpha value is -1.84. The summed E-state index contributed by atoms with van der Waals surface area (Å²) in [5, 5.41) is 10.9. The molecular formula is C13H11NO3Se. The van der Waals surface area contributed by atoms with E-state index in [2.05, 4.69) is 0 Å². The van der Waals surface area contributed by atoms with Gasteiger partial charge in [0.15, 0.2) is 0 Å². The van der Waals surface area contributed by atoms with Crippen LogP contribution in [0.5, 0.6) is 0 Å². The minimum absolute atomic E-state index is 0.0712. The van der Waals surface area contributed by atoms with Crippen molar-refractivity contribution in [2.75, 3.05) is 0 Å². The van der Waals surface area contributed by atoms with Gasteiger partial charge in [0.05, 0.1) is 0 Å². The van der Waals surface area contributed by atoms with Crippen LogP contribution in [0.2, 0.25) is 0 Å². The van der Waals surface area contributed by atoms with Crippen LogP contribution in [0.25, 0.3) is 0 Å². The van der Waals surface area contributed by atoms with Crippen molar-refractivity contribution in [1.82, 2.24) is 0 Å². The summed E-state index contributed by atoms with van der Waals surface area (Å²) in [6.45, 7) is 1.94. The van der Waals surface area contributed by atoms with E-state index in [4.69, 9.17) is 0 Å². The molecule has 0 aliphatic rings. The third kappa shape index (κ3) is 2.53. The average molecular weight is 308 g/mol. The normalized spacial score (nSPS) is 12.1. The molecule has 18 heavy (non-hydrogen) atoms. The number of para-hydroxylation sites is 1. The van der Waals surface area contributed by atoms with Crippen molar-refractivity contribution in [3.8, 4) is 0 Å². The van der Waals surface area contributed by atoms with Crippen molar-refractivity contribution in [3.63, 3.8) is 0 Å². The molecule has 0 spiro atoms.